The number of aromatic nitrogens is 2. The highest BCUT2D eigenvalue weighted by Gasteiger charge is 2.20. The van der Waals surface area contributed by atoms with E-state index >= 15 is 0 Å². The standard InChI is InChI=1S/C29H38N6O3S.3ClH/c1-39(36,37)33-25-8-12-27(13-9-25)38-26-10-6-23(7-11-26)22-34-20-15-24(16-21-34)31-29-30-17-14-28(32-29)35-18-4-2-3-5-19-35;;;/h6-14,17,24,33H,2-5,15-16,18-22H2,1H3,(H,30,31,32);3*1H. The van der Waals surface area contributed by atoms with Crippen molar-refractivity contribution >= 4 is 64.7 Å². The van der Waals surface area contributed by atoms with Crippen molar-refractivity contribution in [3.63, 3.8) is 0 Å². The van der Waals surface area contributed by atoms with E-state index in [0.29, 0.717) is 17.5 Å². The lowest BCUT2D eigenvalue weighted by Crippen LogP contribution is -2.39. The van der Waals surface area contributed by atoms with Crippen LogP contribution in [0.3, 0.4) is 0 Å². The van der Waals surface area contributed by atoms with Crippen LogP contribution in [0, 0.1) is 0 Å². The van der Waals surface area contributed by atoms with E-state index in [-0.39, 0.29) is 37.2 Å². The van der Waals surface area contributed by atoms with Gasteiger partial charge in [0.1, 0.15) is 17.3 Å². The molecule has 5 rings (SSSR count). The number of hydrogen-bond acceptors (Lipinski definition) is 8. The van der Waals surface area contributed by atoms with Crippen molar-refractivity contribution in [2.24, 2.45) is 0 Å². The van der Waals surface area contributed by atoms with Crippen molar-refractivity contribution in [2.75, 3.05) is 47.4 Å². The fraction of sp³-hybridized carbons (Fsp3) is 0.448. The second-order valence-electron chi connectivity index (χ2n) is 10.5. The SMILES string of the molecule is CS(=O)(=O)Nc1ccc(Oc2ccc(CN3CCC(Nc4nccc(N5CCCCCC5)n4)CC3)cc2)cc1.Cl.Cl.Cl. The van der Waals surface area contributed by atoms with Crippen molar-refractivity contribution in [2.45, 2.75) is 51.1 Å². The van der Waals surface area contributed by atoms with Gasteiger partial charge in [-0.1, -0.05) is 25.0 Å². The molecule has 3 heterocycles. The summed E-state index contributed by atoms with van der Waals surface area (Å²) >= 11 is 0. The molecule has 2 aliphatic rings. The Morgan fingerprint density at radius 1 is 0.833 bits per heavy atom. The fourth-order valence-corrected chi connectivity index (χ4v) is 5.74. The molecule has 0 spiro atoms. The Hall–Kier alpha value is -2.50. The van der Waals surface area contributed by atoms with E-state index in [0.717, 1.165) is 69.3 Å². The lowest BCUT2D eigenvalue weighted by Gasteiger charge is -2.32. The highest BCUT2D eigenvalue weighted by molar-refractivity contribution is 7.92. The molecule has 2 N–H and O–H groups in total. The lowest BCUT2D eigenvalue weighted by atomic mass is 10.0. The Labute approximate surface area is 268 Å². The number of benzene rings is 2. The summed E-state index contributed by atoms with van der Waals surface area (Å²) in [7, 11) is -3.30. The summed E-state index contributed by atoms with van der Waals surface area (Å²) in [6.07, 6.45) is 10.2. The van der Waals surface area contributed by atoms with Crippen LogP contribution in [-0.4, -0.2) is 61.8 Å². The fourth-order valence-electron chi connectivity index (χ4n) is 5.17. The van der Waals surface area contributed by atoms with Gasteiger partial charge >= 0.3 is 0 Å². The molecule has 2 aromatic carbocycles. The number of likely N-dealkylation sites (tertiary alicyclic amines) is 1. The van der Waals surface area contributed by atoms with Crippen LogP contribution in [0.2, 0.25) is 0 Å². The van der Waals surface area contributed by atoms with Gasteiger partial charge in [-0.3, -0.25) is 9.62 Å². The van der Waals surface area contributed by atoms with Crippen molar-refractivity contribution in [1.29, 1.82) is 0 Å². The molecular weight excluding hydrogens is 619 g/mol. The van der Waals surface area contributed by atoms with Crippen LogP contribution >= 0.6 is 37.2 Å². The van der Waals surface area contributed by atoms with Crippen LogP contribution in [0.4, 0.5) is 17.5 Å². The minimum absolute atomic E-state index is 0. The van der Waals surface area contributed by atoms with Crippen LogP contribution in [0.25, 0.3) is 0 Å². The van der Waals surface area contributed by atoms with Crippen LogP contribution in [-0.2, 0) is 16.6 Å². The van der Waals surface area contributed by atoms with E-state index < -0.39 is 10.0 Å². The third-order valence-electron chi connectivity index (χ3n) is 7.21. The van der Waals surface area contributed by atoms with Gasteiger partial charge in [0, 0.05) is 50.6 Å². The maximum atomic E-state index is 11.4. The van der Waals surface area contributed by atoms with Gasteiger partial charge in [0.2, 0.25) is 16.0 Å². The Morgan fingerprint density at radius 3 is 2.02 bits per heavy atom. The van der Waals surface area contributed by atoms with E-state index in [4.69, 9.17) is 9.72 Å². The molecule has 0 radical (unpaired) electrons. The first kappa shape index (κ1) is 35.7. The zero-order valence-electron chi connectivity index (χ0n) is 23.8. The summed E-state index contributed by atoms with van der Waals surface area (Å²) in [6.45, 7) is 5.12. The molecule has 1 aromatic heterocycles. The van der Waals surface area contributed by atoms with Gasteiger partial charge in [-0.15, -0.1) is 37.2 Å². The summed E-state index contributed by atoms with van der Waals surface area (Å²) in [6, 6.07) is 17.4. The van der Waals surface area contributed by atoms with Gasteiger partial charge in [-0.05, 0) is 73.7 Å². The minimum Gasteiger partial charge on any atom is -0.457 e. The van der Waals surface area contributed by atoms with Crippen molar-refractivity contribution in [3.05, 3.63) is 66.4 Å². The average Bonchev–Trinajstić information content (AvgIpc) is 3.21. The number of rotatable bonds is 9. The quantitative estimate of drug-likeness (QED) is 0.274. The Morgan fingerprint density at radius 2 is 1.43 bits per heavy atom. The number of piperidine rings is 1. The lowest BCUT2D eigenvalue weighted by molar-refractivity contribution is 0.211. The summed E-state index contributed by atoms with van der Waals surface area (Å²) < 4.78 is 31.1. The molecule has 0 aliphatic carbocycles. The first-order valence-corrected chi connectivity index (χ1v) is 15.7. The van der Waals surface area contributed by atoms with Gasteiger partial charge in [-0.2, -0.15) is 4.98 Å². The number of nitrogens with zero attached hydrogens (tertiary/aromatic N) is 4. The van der Waals surface area contributed by atoms with E-state index in [1.165, 1.54) is 31.2 Å². The third kappa shape index (κ3) is 11.0. The topological polar surface area (TPSA) is 99.7 Å². The van der Waals surface area contributed by atoms with Crippen molar-refractivity contribution < 1.29 is 13.2 Å². The Bertz CT molecular complexity index is 1320. The van der Waals surface area contributed by atoms with Gasteiger partial charge in [0.05, 0.1) is 6.26 Å². The molecule has 0 atom stereocenters. The van der Waals surface area contributed by atoms with E-state index in [9.17, 15) is 8.42 Å². The predicted octanol–water partition coefficient (Wildman–Crippen LogP) is 6.36. The van der Waals surface area contributed by atoms with E-state index in [2.05, 4.69) is 37.0 Å². The van der Waals surface area contributed by atoms with Gasteiger partial charge in [0.25, 0.3) is 0 Å². The van der Waals surface area contributed by atoms with Crippen LogP contribution in [0.5, 0.6) is 11.5 Å². The van der Waals surface area contributed by atoms with Crippen molar-refractivity contribution in [1.82, 2.24) is 14.9 Å². The largest absolute Gasteiger partial charge is 0.457 e. The molecule has 13 heteroatoms. The molecule has 0 unspecified atom stereocenters. The molecule has 0 amide bonds. The second-order valence-corrected chi connectivity index (χ2v) is 12.2. The van der Waals surface area contributed by atoms with E-state index in [1.54, 1.807) is 24.3 Å². The minimum atomic E-state index is -3.30. The third-order valence-corrected chi connectivity index (χ3v) is 7.82. The van der Waals surface area contributed by atoms with Crippen LogP contribution in [0.1, 0.15) is 44.1 Å². The highest BCUT2D eigenvalue weighted by Crippen LogP contribution is 2.25. The molecule has 232 valence electrons. The molecule has 2 aliphatic heterocycles. The maximum Gasteiger partial charge on any atom is 0.229 e. The highest BCUT2D eigenvalue weighted by atomic mass is 35.5. The number of hydrogen-bond donors (Lipinski definition) is 2. The number of ether oxygens (including phenoxy) is 1. The number of sulfonamides is 1. The zero-order chi connectivity index (χ0) is 27.1. The molecule has 42 heavy (non-hydrogen) atoms. The number of anilines is 3. The first-order chi connectivity index (χ1) is 18.9. The summed E-state index contributed by atoms with van der Waals surface area (Å²) in [5.74, 6) is 3.18. The van der Waals surface area contributed by atoms with Crippen LogP contribution in [0.15, 0.2) is 60.8 Å². The smallest absolute Gasteiger partial charge is 0.229 e. The molecule has 9 nitrogen and oxygen atoms in total. The molecule has 3 aromatic rings. The Balaban J connectivity index is 0.00000205. The summed E-state index contributed by atoms with van der Waals surface area (Å²) in [4.78, 5) is 14.2. The molecule has 2 fully saturated rings. The average molecular weight is 660 g/mol. The summed E-state index contributed by atoms with van der Waals surface area (Å²) in [5.41, 5.74) is 1.75. The van der Waals surface area contributed by atoms with E-state index in [1.807, 2.05) is 24.4 Å². The summed E-state index contributed by atoms with van der Waals surface area (Å²) in [5, 5.41) is 3.58. The second kappa shape index (κ2) is 17.0. The Kier molecular flexibility index (Phi) is 14.4. The predicted molar refractivity (Wildman–Crippen MR) is 178 cm³/mol. The molecule has 0 bridgehead atoms. The maximum absolute atomic E-state index is 11.4. The van der Waals surface area contributed by atoms with Crippen LogP contribution < -0.4 is 19.7 Å². The first-order valence-electron chi connectivity index (χ1n) is 13.8. The zero-order valence-corrected chi connectivity index (χ0v) is 27.0. The molecule has 0 saturated carbocycles. The van der Waals surface area contributed by atoms with Crippen molar-refractivity contribution in [3.8, 4) is 11.5 Å². The number of nitrogens with one attached hydrogen (secondary N) is 2. The van der Waals surface area contributed by atoms with Gasteiger partial charge in [-0.25, -0.2) is 13.4 Å². The van der Waals surface area contributed by atoms with Gasteiger partial charge < -0.3 is 15.0 Å². The molecule has 2 saturated heterocycles. The number of halogens is 3. The van der Waals surface area contributed by atoms with Gasteiger partial charge in [0.15, 0.2) is 0 Å². The molecular formula is C29H41Cl3N6O3S. The monoisotopic (exact) mass is 658 g/mol. The normalized spacial score (nSPS) is 16.2.